The predicted octanol–water partition coefficient (Wildman–Crippen LogP) is 2.16. The summed E-state index contributed by atoms with van der Waals surface area (Å²) < 4.78 is 23.9. The van der Waals surface area contributed by atoms with E-state index in [1.165, 1.54) is 6.33 Å². The molecule has 0 aliphatic carbocycles. The maximum absolute atomic E-state index is 11.8. The summed E-state index contributed by atoms with van der Waals surface area (Å²) >= 11 is 0. The van der Waals surface area contributed by atoms with Crippen LogP contribution in [-0.4, -0.2) is 44.0 Å². The number of unbranched alkanes of at least 4 members (excludes halogenated alkanes) is 3. The molecule has 0 saturated carbocycles. The summed E-state index contributed by atoms with van der Waals surface area (Å²) in [5.41, 5.74) is 6.84. The second kappa shape index (κ2) is 9.08. The minimum Gasteiger partial charge on any atom is -0.382 e. The Labute approximate surface area is 140 Å². The molecule has 0 spiro atoms. The summed E-state index contributed by atoms with van der Waals surface area (Å²) in [4.78, 5) is 21.8. The number of ether oxygens (including phenoxy) is 1. The second-order valence-electron chi connectivity index (χ2n) is 5.44. The van der Waals surface area contributed by atoms with E-state index in [2.05, 4.69) is 21.9 Å². The van der Waals surface area contributed by atoms with Crippen LogP contribution in [-0.2, 0) is 20.4 Å². The minimum absolute atomic E-state index is 0.235. The lowest BCUT2D eigenvalue weighted by Gasteiger charge is -2.12. The third-order valence-electron chi connectivity index (χ3n) is 3.45. The van der Waals surface area contributed by atoms with Gasteiger partial charge in [-0.05, 0) is 6.42 Å². The molecule has 0 fully saturated rings. The third kappa shape index (κ3) is 5.52. The molecule has 3 N–H and O–H groups in total. The molecule has 0 aliphatic rings. The lowest BCUT2D eigenvalue weighted by Crippen LogP contribution is -2.08. The molecule has 2 heterocycles. The van der Waals surface area contributed by atoms with Crippen LogP contribution < -0.4 is 5.73 Å². The number of imidazole rings is 1. The second-order valence-corrected chi connectivity index (χ2v) is 7.23. The van der Waals surface area contributed by atoms with Crippen LogP contribution >= 0.6 is 7.60 Å². The van der Waals surface area contributed by atoms with E-state index in [9.17, 15) is 9.46 Å². The molecule has 2 aromatic heterocycles. The normalized spacial score (nSPS) is 14.1. The average molecular weight is 357 g/mol. The van der Waals surface area contributed by atoms with Gasteiger partial charge in [0.15, 0.2) is 11.5 Å². The van der Waals surface area contributed by atoms with E-state index in [4.69, 9.17) is 15.0 Å². The number of hydrogen-bond acceptors (Lipinski definition) is 7. The number of anilines is 1. The molecular formula is C14H24N5O4P. The summed E-state index contributed by atoms with van der Waals surface area (Å²) in [6, 6.07) is 0. The van der Waals surface area contributed by atoms with Gasteiger partial charge in [-0.2, -0.15) is 0 Å². The molecule has 0 aromatic carbocycles. The molecule has 0 aliphatic heterocycles. The molecule has 1 unspecified atom stereocenters. The Hall–Kier alpha value is -1.54. The van der Waals surface area contributed by atoms with E-state index < -0.39 is 7.60 Å². The Morgan fingerprint density at radius 2 is 2.08 bits per heavy atom. The van der Waals surface area contributed by atoms with Crippen molar-refractivity contribution in [2.75, 3.05) is 25.3 Å². The van der Waals surface area contributed by atoms with Crippen molar-refractivity contribution in [3.05, 3.63) is 12.7 Å². The molecule has 24 heavy (non-hydrogen) atoms. The molecule has 1 atom stereocenters. The quantitative estimate of drug-likeness (QED) is 0.463. The lowest BCUT2D eigenvalue weighted by atomic mass is 10.2. The van der Waals surface area contributed by atoms with Crippen molar-refractivity contribution in [3.63, 3.8) is 0 Å². The Balaban J connectivity index is 1.71. The van der Waals surface area contributed by atoms with Gasteiger partial charge in [-0.25, -0.2) is 15.0 Å². The van der Waals surface area contributed by atoms with Crippen LogP contribution in [0.1, 0.15) is 32.6 Å². The third-order valence-corrected chi connectivity index (χ3v) is 4.55. The smallest absolute Gasteiger partial charge is 0.353 e. The van der Waals surface area contributed by atoms with E-state index in [-0.39, 0.29) is 19.6 Å². The zero-order valence-corrected chi connectivity index (χ0v) is 14.7. The maximum atomic E-state index is 11.8. The highest BCUT2D eigenvalue weighted by atomic mass is 31.2. The van der Waals surface area contributed by atoms with Crippen LogP contribution in [0.2, 0.25) is 0 Å². The van der Waals surface area contributed by atoms with Gasteiger partial charge in [-0.3, -0.25) is 4.57 Å². The Morgan fingerprint density at radius 3 is 2.88 bits per heavy atom. The van der Waals surface area contributed by atoms with E-state index in [0.29, 0.717) is 23.5 Å². The van der Waals surface area contributed by atoms with Crippen LogP contribution in [0.15, 0.2) is 12.7 Å². The van der Waals surface area contributed by atoms with Crippen LogP contribution in [0.4, 0.5) is 5.82 Å². The molecular weight excluding hydrogens is 333 g/mol. The number of nitrogens with two attached hydrogens (primary N) is 1. The molecule has 2 aromatic rings. The molecule has 0 bridgehead atoms. The van der Waals surface area contributed by atoms with Crippen molar-refractivity contribution in [1.82, 2.24) is 19.5 Å². The fraction of sp³-hybridized carbons (Fsp3) is 0.643. The Kier molecular flexibility index (Phi) is 7.11. The summed E-state index contributed by atoms with van der Waals surface area (Å²) in [6.45, 7) is 3.05. The summed E-state index contributed by atoms with van der Waals surface area (Å²) in [5, 5.41) is 0. The highest BCUT2D eigenvalue weighted by molar-refractivity contribution is 7.52. The first-order chi connectivity index (χ1) is 11.5. The van der Waals surface area contributed by atoms with Gasteiger partial charge < -0.3 is 24.5 Å². The maximum Gasteiger partial charge on any atom is 0.353 e. The van der Waals surface area contributed by atoms with E-state index >= 15 is 0 Å². The summed E-state index contributed by atoms with van der Waals surface area (Å²) in [7, 11) is -3.70. The molecule has 134 valence electrons. The molecule has 0 radical (unpaired) electrons. The Morgan fingerprint density at radius 1 is 1.25 bits per heavy atom. The highest BCUT2D eigenvalue weighted by Gasteiger charge is 2.19. The van der Waals surface area contributed by atoms with Gasteiger partial charge in [0.1, 0.15) is 18.2 Å². The first-order valence-corrected chi connectivity index (χ1v) is 9.75. The van der Waals surface area contributed by atoms with Gasteiger partial charge in [0.25, 0.3) is 0 Å². The molecule has 9 nitrogen and oxygen atoms in total. The number of nitrogen functional groups attached to an aromatic ring is 1. The van der Waals surface area contributed by atoms with Gasteiger partial charge in [0.05, 0.1) is 19.5 Å². The number of hydrogen-bond donors (Lipinski definition) is 2. The van der Waals surface area contributed by atoms with E-state index in [1.54, 1.807) is 10.9 Å². The van der Waals surface area contributed by atoms with E-state index in [0.717, 1.165) is 25.7 Å². The van der Waals surface area contributed by atoms with Gasteiger partial charge >= 0.3 is 7.60 Å². The van der Waals surface area contributed by atoms with E-state index in [1.807, 2.05) is 0 Å². The monoisotopic (exact) mass is 357 g/mol. The summed E-state index contributed by atoms with van der Waals surface area (Å²) in [6.07, 6.45) is 6.61. The van der Waals surface area contributed by atoms with Crippen molar-refractivity contribution in [3.8, 4) is 0 Å². The van der Waals surface area contributed by atoms with Crippen LogP contribution in [0.5, 0.6) is 0 Å². The van der Waals surface area contributed by atoms with Crippen molar-refractivity contribution in [2.45, 2.75) is 39.2 Å². The molecule has 0 amide bonds. The van der Waals surface area contributed by atoms with Crippen molar-refractivity contribution < 1.29 is 18.7 Å². The largest absolute Gasteiger partial charge is 0.382 e. The Bertz CT molecular complexity index is 693. The SMILES string of the molecule is CCCCCCOP(=O)(O)COCCn1cnc2c(N)ncnc21. The topological polar surface area (TPSA) is 125 Å². The van der Waals surface area contributed by atoms with Crippen molar-refractivity contribution in [1.29, 1.82) is 0 Å². The molecule has 2 rings (SSSR count). The van der Waals surface area contributed by atoms with Crippen molar-refractivity contribution in [2.24, 2.45) is 0 Å². The first kappa shape index (κ1) is 18.8. The van der Waals surface area contributed by atoms with Crippen molar-refractivity contribution >= 4 is 24.6 Å². The van der Waals surface area contributed by atoms with Gasteiger partial charge in [0.2, 0.25) is 0 Å². The van der Waals surface area contributed by atoms with Gasteiger partial charge in [-0.15, -0.1) is 0 Å². The first-order valence-electron chi connectivity index (χ1n) is 7.99. The fourth-order valence-corrected chi connectivity index (χ4v) is 3.03. The number of aromatic nitrogens is 4. The van der Waals surface area contributed by atoms with Crippen LogP contribution in [0, 0.1) is 0 Å². The molecule has 0 saturated heterocycles. The zero-order valence-electron chi connectivity index (χ0n) is 13.8. The minimum atomic E-state index is -3.70. The molecule has 10 heteroatoms. The van der Waals surface area contributed by atoms with Gasteiger partial charge in [-0.1, -0.05) is 26.2 Å². The summed E-state index contributed by atoms with van der Waals surface area (Å²) in [5.74, 6) is 0.316. The number of rotatable bonds is 11. The standard InChI is InChI=1S/C14H24N5O4P/c1-2-3-4-5-7-23-24(20,21)11-22-8-6-19-10-18-12-13(15)16-9-17-14(12)19/h9-10H,2-8,11H2,1H3,(H,20,21)(H2,15,16,17). The highest BCUT2D eigenvalue weighted by Crippen LogP contribution is 2.41. The number of nitrogens with zero attached hydrogens (tertiary/aromatic N) is 4. The fourth-order valence-electron chi connectivity index (χ4n) is 2.18. The lowest BCUT2D eigenvalue weighted by molar-refractivity contribution is 0.137. The van der Waals surface area contributed by atoms with Crippen LogP contribution in [0.3, 0.4) is 0 Å². The average Bonchev–Trinajstić information content (AvgIpc) is 2.96. The van der Waals surface area contributed by atoms with Gasteiger partial charge in [0, 0.05) is 6.54 Å². The van der Waals surface area contributed by atoms with Crippen LogP contribution in [0.25, 0.3) is 11.2 Å². The zero-order chi connectivity index (χ0) is 17.4. The number of fused-ring (bicyclic) bond motifs is 1. The predicted molar refractivity (Wildman–Crippen MR) is 90.5 cm³/mol.